The summed E-state index contributed by atoms with van der Waals surface area (Å²) in [6.07, 6.45) is 2.49. The van der Waals surface area contributed by atoms with Crippen molar-refractivity contribution in [3.8, 4) is 0 Å². The van der Waals surface area contributed by atoms with Crippen molar-refractivity contribution in [2.45, 2.75) is 66.5 Å². The van der Waals surface area contributed by atoms with Gasteiger partial charge in [-0.15, -0.1) is 11.3 Å². The van der Waals surface area contributed by atoms with Crippen molar-refractivity contribution < 1.29 is 0 Å². The van der Waals surface area contributed by atoms with Crippen molar-refractivity contribution in [2.24, 2.45) is 5.92 Å². The second-order valence-electron chi connectivity index (χ2n) is 4.93. The van der Waals surface area contributed by atoms with E-state index >= 15 is 0 Å². The van der Waals surface area contributed by atoms with Crippen LogP contribution in [0, 0.1) is 19.8 Å². The summed E-state index contributed by atoms with van der Waals surface area (Å²) in [4.78, 5) is 5.98. The van der Waals surface area contributed by atoms with Crippen molar-refractivity contribution in [3.63, 3.8) is 0 Å². The zero-order valence-electron chi connectivity index (χ0n) is 12.0. The molecule has 17 heavy (non-hydrogen) atoms. The lowest BCUT2D eigenvalue weighted by Crippen LogP contribution is -2.35. The molecular formula is C14H26N2S. The second kappa shape index (κ2) is 6.50. The van der Waals surface area contributed by atoms with Crippen LogP contribution in [0.3, 0.4) is 0 Å². The molecule has 0 saturated heterocycles. The summed E-state index contributed by atoms with van der Waals surface area (Å²) in [5.41, 5.74) is 1.23. The van der Waals surface area contributed by atoms with E-state index in [4.69, 9.17) is 0 Å². The molecule has 0 radical (unpaired) electrons. The molecule has 1 aromatic heterocycles. The van der Waals surface area contributed by atoms with Crippen LogP contribution in [-0.4, -0.2) is 11.0 Å². The molecule has 1 N–H and O–H groups in total. The van der Waals surface area contributed by atoms with Crippen LogP contribution in [0.5, 0.6) is 0 Å². The average Bonchev–Trinajstić information content (AvgIpc) is 2.59. The smallest absolute Gasteiger partial charge is 0.0900 e. The number of hydrogen-bond acceptors (Lipinski definition) is 3. The van der Waals surface area contributed by atoms with Gasteiger partial charge in [0, 0.05) is 17.0 Å². The van der Waals surface area contributed by atoms with E-state index in [9.17, 15) is 0 Å². The first-order valence-electron chi connectivity index (χ1n) is 6.69. The van der Waals surface area contributed by atoms with Gasteiger partial charge in [-0.25, -0.2) is 4.98 Å². The van der Waals surface area contributed by atoms with Crippen LogP contribution in [0.1, 0.15) is 62.2 Å². The molecule has 0 aliphatic carbocycles. The molecule has 0 aromatic carbocycles. The van der Waals surface area contributed by atoms with Crippen molar-refractivity contribution in [1.29, 1.82) is 0 Å². The highest BCUT2D eigenvalue weighted by molar-refractivity contribution is 7.11. The zero-order valence-corrected chi connectivity index (χ0v) is 12.8. The molecular weight excluding hydrogens is 228 g/mol. The van der Waals surface area contributed by atoms with Crippen molar-refractivity contribution in [3.05, 3.63) is 15.6 Å². The first-order valence-corrected chi connectivity index (χ1v) is 7.51. The second-order valence-corrected chi connectivity index (χ2v) is 6.34. The zero-order chi connectivity index (χ0) is 13.0. The van der Waals surface area contributed by atoms with E-state index in [0.717, 1.165) is 5.92 Å². The van der Waals surface area contributed by atoms with Gasteiger partial charge in [-0.3, -0.25) is 0 Å². The fourth-order valence-corrected chi connectivity index (χ4v) is 3.47. The third-order valence-corrected chi connectivity index (χ3v) is 4.52. The fourth-order valence-electron chi connectivity index (χ4n) is 2.55. The Morgan fingerprint density at radius 2 is 1.76 bits per heavy atom. The van der Waals surface area contributed by atoms with Crippen molar-refractivity contribution in [2.75, 3.05) is 0 Å². The third kappa shape index (κ3) is 3.78. The number of rotatable bonds is 6. The summed E-state index contributed by atoms with van der Waals surface area (Å²) >= 11 is 1.79. The molecule has 0 bridgehead atoms. The number of hydrogen-bond donors (Lipinski definition) is 1. The predicted molar refractivity (Wildman–Crippen MR) is 76.7 cm³/mol. The molecule has 0 aliphatic heterocycles. The Morgan fingerprint density at radius 1 is 1.18 bits per heavy atom. The van der Waals surface area contributed by atoms with Gasteiger partial charge in [0.2, 0.25) is 0 Å². The van der Waals surface area contributed by atoms with E-state index < -0.39 is 0 Å². The van der Waals surface area contributed by atoms with Gasteiger partial charge in [-0.1, -0.05) is 26.7 Å². The lowest BCUT2D eigenvalue weighted by Gasteiger charge is -2.26. The van der Waals surface area contributed by atoms with E-state index in [1.807, 2.05) is 0 Å². The predicted octanol–water partition coefficient (Wildman–Crippen LogP) is 4.24. The summed E-state index contributed by atoms with van der Waals surface area (Å²) in [6, 6.07) is 0.914. The quantitative estimate of drug-likeness (QED) is 0.821. The third-order valence-electron chi connectivity index (χ3n) is 3.62. The Bertz CT molecular complexity index is 342. The minimum atomic E-state index is 0.357. The average molecular weight is 254 g/mol. The molecule has 2 atom stereocenters. The summed E-state index contributed by atoms with van der Waals surface area (Å²) in [7, 11) is 0. The lowest BCUT2D eigenvalue weighted by atomic mass is 9.95. The molecule has 2 nitrogen and oxygen atoms in total. The van der Waals surface area contributed by atoms with Crippen LogP contribution in [-0.2, 0) is 0 Å². The van der Waals surface area contributed by atoms with Crippen LogP contribution >= 0.6 is 11.3 Å². The van der Waals surface area contributed by atoms with Crippen LogP contribution in [0.4, 0.5) is 0 Å². The molecule has 3 heteroatoms. The minimum absolute atomic E-state index is 0.357. The highest BCUT2D eigenvalue weighted by Gasteiger charge is 2.19. The Labute approximate surface area is 110 Å². The number of aryl methyl sites for hydroxylation is 2. The van der Waals surface area contributed by atoms with Crippen LogP contribution in [0.15, 0.2) is 0 Å². The number of thiazole rings is 1. The minimum Gasteiger partial charge on any atom is -0.306 e. The van der Waals surface area contributed by atoms with Gasteiger partial charge in [0.25, 0.3) is 0 Å². The first kappa shape index (κ1) is 14.7. The van der Waals surface area contributed by atoms with E-state index in [1.54, 1.807) is 11.3 Å². The topological polar surface area (TPSA) is 24.9 Å². The molecule has 1 rings (SSSR count). The van der Waals surface area contributed by atoms with Gasteiger partial charge in [-0.05, 0) is 33.6 Å². The molecule has 1 heterocycles. The van der Waals surface area contributed by atoms with Crippen LogP contribution < -0.4 is 5.32 Å². The van der Waals surface area contributed by atoms with E-state index in [-0.39, 0.29) is 0 Å². The van der Waals surface area contributed by atoms with Gasteiger partial charge in [0.1, 0.15) is 0 Å². The molecule has 0 amide bonds. The van der Waals surface area contributed by atoms with Crippen LogP contribution in [0.25, 0.3) is 0 Å². The largest absolute Gasteiger partial charge is 0.306 e. The Morgan fingerprint density at radius 3 is 2.18 bits per heavy atom. The Balaban J connectivity index is 2.65. The molecule has 1 aromatic rings. The monoisotopic (exact) mass is 254 g/mol. The normalized spacial score (nSPS) is 15.2. The van der Waals surface area contributed by atoms with Crippen LogP contribution in [0.2, 0.25) is 0 Å². The lowest BCUT2D eigenvalue weighted by molar-refractivity contribution is 0.328. The Kier molecular flexibility index (Phi) is 5.60. The van der Waals surface area contributed by atoms with Gasteiger partial charge >= 0.3 is 0 Å². The van der Waals surface area contributed by atoms with Gasteiger partial charge in [0.15, 0.2) is 0 Å². The van der Waals surface area contributed by atoms with E-state index in [1.165, 1.54) is 28.4 Å². The SMILES string of the molecule is CCC(CC)C(C)NC(C)c1nc(C)sc1C. The van der Waals surface area contributed by atoms with E-state index in [0.29, 0.717) is 12.1 Å². The van der Waals surface area contributed by atoms with Gasteiger partial charge < -0.3 is 5.32 Å². The maximum Gasteiger partial charge on any atom is 0.0900 e. The molecule has 98 valence electrons. The van der Waals surface area contributed by atoms with Gasteiger partial charge in [-0.2, -0.15) is 0 Å². The Hall–Kier alpha value is -0.410. The summed E-state index contributed by atoms with van der Waals surface area (Å²) in [6.45, 7) is 13.3. The molecule has 2 unspecified atom stereocenters. The molecule has 0 aliphatic rings. The highest BCUT2D eigenvalue weighted by Crippen LogP contribution is 2.24. The molecule has 0 fully saturated rings. The van der Waals surface area contributed by atoms with Gasteiger partial charge in [0.05, 0.1) is 10.7 Å². The van der Waals surface area contributed by atoms with E-state index in [2.05, 4.69) is 51.8 Å². The fraction of sp³-hybridized carbons (Fsp3) is 0.786. The molecule has 0 spiro atoms. The maximum atomic E-state index is 4.63. The first-order chi connectivity index (χ1) is 7.99. The summed E-state index contributed by atoms with van der Waals surface area (Å²) in [5.74, 6) is 0.762. The highest BCUT2D eigenvalue weighted by atomic mass is 32.1. The maximum absolute atomic E-state index is 4.63. The summed E-state index contributed by atoms with van der Waals surface area (Å²) < 4.78 is 0. The summed E-state index contributed by atoms with van der Waals surface area (Å²) in [5, 5.41) is 4.86. The van der Waals surface area contributed by atoms with Crippen molar-refractivity contribution in [1.82, 2.24) is 10.3 Å². The standard InChI is InChI=1S/C14H26N2S/c1-7-13(8-2)9(3)15-10(4)14-11(5)17-12(6)16-14/h9-10,13,15H,7-8H2,1-6H3. The number of nitrogens with one attached hydrogen (secondary N) is 1. The number of aromatic nitrogens is 1. The van der Waals surface area contributed by atoms with Crippen molar-refractivity contribution >= 4 is 11.3 Å². The number of nitrogens with zero attached hydrogens (tertiary/aromatic N) is 1. The molecule has 0 saturated carbocycles.